The predicted molar refractivity (Wildman–Crippen MR) is 97.3 cm³/mol. The summed E-state index contributed by atoms with van der Waals surface area (Å²) < 4.78 is 9.97. The van der Waals surface area contributed by atoms with Gasteiger partial charge in [-0.3, -0.25) is 9.59 Å². The molecule has 0 amide bonds. The number of hydrogen-bond acceptors (Lipinski definition) is 4. The number of carbonyl (C=O) groups is 2. The first-order valence-electron chi connectivity index (χ1n) is 9.87. The van der Waals surface area contributed by atoms with Gasteiger partial charge in [0.25, 0.3) is 0 Å². The molecule has 0 saturated carbocycles. The minimum Gasteiger partial charge on any atom is -0.462 e. The average Bonchev–Trinajstić information content (AvgIpc) is 2.58. The van der Waals surface area contributed by atoms with E-state index in [1.807, 2.05) is 0 Å². The molecule has 0 fully saturated rings. The van der Waals surface area contributed by atoms with E-state index in [1.165, 1.54) is 58.0 Å². The van der Waals surface area contributed by atoms with Gasteiger partial charge in [0.05, 0.1) is 0 Å². The van der Waals surface area contributed by atoms with Crippen LogP contribution in [0, 0.1) is 6.61 Å². The minimum atomic E-state index is -0.238. The molecule has 0 aromatic rings. The van der Waals surface area contributed by atoms with E-state index in [0.29, 0.717) is 12.8 Å². The van der Waals surface area contributed by atoms with Crippen molar-refractivity contribution >= 4 is 11.9 Å². The largest absolute Gasteiger partial charge is 0.462 e. The highest BCUT2D eigenvalue weighted by Crippen LogP contribution is 2.09. The first-order valence-corrected chi connectivity index (χ1v) is 9.87. The fourth-order valence-corrected chi connectivity index (χ4v) is 2.48. The van der Waals surface area contributed by atoms with Gasteiger partial charge in [0.1, 0.15) is 6.61 Å². The number of ether oxygens (including phenoxy) is 2. The second kappa shape index (κ2) is 18.3. The summed E-state index contributed by atoms with van der Waals surface area (Å²) in [6, 6.07) is 0. The summed E-state index contributed by atoms with van der Waals surface area (Å²) in [5, 5.41) is 0. The highest BCUT2D eigenvalue weighted by molar-refractivity contribution is 5.70. The van der Waals surface area contributed by atoms with Gasteiger partial charge < -0.3 is 9.47 Å². The van der Waals surface area contributed by atoms with Crippen molar-refractivity contribution in [3.63, 3.8) is 0 Å². The van der Waals surface area contributed by atoms with E-state index in [2.05, 4.69) is 13.8 Å². The van der Waals surface area contributed by atoms with Crippen molar-refractivity contribution in [2.75, 3.05) is 6.61 Å². The van der Waals surface area contributed by atoms with E-state index >= 15 is 0 Å². The zero-order valence-electron chi connectivity index (χ0n) is 15.8. The van der Waals surface area contributed by atoms with Crippen LogP contribution in [0.15, 0.2) is 0 Å². The Hall–Kier alpha value is -1.06. The van der Waals surface area contributed by atoms with Crippen LogP contribution in [0.25, 0.3) is 0 Å². The maximum Gasteiger partial charge on any atom is 0.306 e. The second-order valence-electron chi connectivity index (χ2n) is 6.38. The van der Waals surface area contributed by atoms with Gasteiger partial charge in [0.2, 0.25) is 0 Å². The molecule has 4 nitrogen and oxygen atoms in total. The van der Waals surface area contributed by atoms with E-state index in [-0.39, 0.29) is 18.5 Å². The van der Waals surface area contributed by atoms with Crippen molar-refractivity contribution in [1.29, 1.82) is 0 Å². The Morgan fingerprint density at radius 3 is 1.67 bits per heavy atom. The maximum absolute atomic E-state index is 11.5. The quantitative estimate of drug-likeness (QED) is 0.250. The first-order chi connectivity index (χ1) is 11.7. The van der Waals surface area contributed by atoms with E-state index < -0.39 is 0 Å². The molecule has 0 N–H and O–H groups in total. The topological polar surface area (TPSA) is 52.6 Å². The molecule has 0 aliphatic rings. The van der Waals surface area contributed by atoms with Crippen molar-refractivity contribution in [3.05, 3.63) is 6.61 Å². The molecule has 0 rings (SSSR count). The summed E-state index contributed by atoms with van der Waals surface area (Å²) in [6.07, 6.45) is 14.6. The van der Waals surface area contributed by atoms with Crippen molar-refractivity contribution in [3.8, 4) is 0 Å². The third-order valence-corrected chi connectivity index (χ3v) is 4.00. The van der Waals surface area contributed by atoms with Gasteiger partial charge in [-0.2, -0.15) is 0 Å². The second-order valence-corrected chi connectivity index (χ2v) is 6.38. The summed E-state index contributed by atoms with van der Waals surface area (Å²) in [6.45, 7) is 5.72. The lowest BCUT2D eigenvalue weighted by molar-refractivity contribution is -0.148. The number of carbonyl (C=O) groups excluding carboxylic acids is 2. The van der Waals surface area contributed by atoms with Crippen LogP contribution in [0.4, 0.5) is 0 Å². The molecule has 0 aromatic heterocycles. The summed E-state index contributed by atoms with van der Waals surface area (Å²) in [7, 11) is 0. The van der Waals surface area contributed by atoms with E-state index in [0.717, 1.165) is 25.7 Å². The number of rotatable bonds is 17. The third kappa shape index (κ3) is 17.3. The van der Waals surface area contributed by atoms with Gasteiger partial charge in [-0.15, -0.1) is 0 Å². The van der Waals surface area contributed by atoms with E-state index in [1.54, 1.807) is 0 Å². The van der Waals surface area contributed by atoms with Gasteiger partial charge in [-0.25, -0.2) is 0 Å². The monoisotopic (exact) mass is 341 g/mol. The van der Waals surface area contributed by atoms with Crippen molar-refractivity contribution in [2.45, 2.75) is 104 Å². The molecule has 141 valence electrons. The lowest BCUT2D eigenvalue weighted by atomic mass is 10.1. The molecule has 0 spiro atoms. The molecule has 0 saturated heterocycles. The Morgan fingerprint density at radius 2 is 1.12 bits per heavy atom. The van der Waals surface area contributed by atoms with Crippen LogP contribution in [-0.4, -0.2) is 18.5 Å². The van der Waals surface area contributed by atoms with E-state index in [4.69, 9.17) is 9.47 Å². The van der Waals surface area contributed by atoms with E-state index in [9.17, 15) is 9.59 Å². The lowest BCUT2D eigenvalue weighted by Gasteiger charge is -2.06. The van der Waals surface area contributed by atoms with Gasteiger partial charge in [0, 0.05) is 12.8 Å². The summed E-state index contributed by atoms with van der Waals surface area (Å²) >= 11 is 0. The summed E-state index contributed by atoms with van der Waals surface area (Å²) in [4.78, 5) is 23.0. The molecular weight excluding hydrogens is 304 g/mol. The SMILES string of the molecule is CCCCCCCCC(=O)O[CH]COC(=O)CCCCCCCC. The number of unbranched alkanes of at least 4 members (excludes halogenated alkanes) is 10. The average molecular weight is 342 g/mol. The first kappa shape index (κ1) is 22.9. The molecule has 24 heavy (non-hydrogen) atoms. The molecule has 1 radical (unpaired) electrons. The van der Waals surface area contributed by atoms with Crippen LogP contribution in [0.2, 0.25) is 0 Å². The fourth-order valence-electron chi connectivity index (χ4n) is 2.48. The molecular formula is C20H37O4. The normalized spacial score (nSPS) is 10.6. The van der Waals surface area contributed by atoms with Crippen molar-refractivity contribution in [1.82, 2.24) is 0 Å². The molecule has 0 atom stereocenters. The zero-order chi connectivity index (χ0) is 17.9. The molecule has 0 heterocycles. The highest BCUT2D eigenvalue weighted by atomic mass is 16.6. The number of hydrogen-bond donors (Lipinski definition) is 0. The molecule has 0 aliphatic carbocycles. The lowest BCUT2D eigenvalue weighted by Crippen LogP contribution is -2.10. The standard InChI is InChI=1S/C20H37O4/c1-3-5-7-9-11-13-15-19(21)23-17-18-24-20(22)16-14-12-10-8-6-4-2/h17H,3-16,18H2,1-2H3. The Bertz CT molecular complexity index is 272. The van der Waals surface area contributed by atoms with Gasteiger partial charge >= 0.3 is 11.9 Å². The van der Waals surface area contributed by atoms with Crippen LogP contribution in [-0.2, 0) is 19.1 Å². The van der Waals surface area contributed by atoms with Crippen LogP contribution < -0.4 is 0 Å². The Kier molecular flexibility index (Phi) is 17.5. The molecule has 0 aromatic carbocycles. The van der Waals surface area contributed by atoms with Crippen LogP contribution in [0.5, 0.6) is 0 Å². The molecule has 0 unspecified atom stereocenters. The predicted octanol–water partition coefficient (Wildman–Crippen LogP) is 5.74. The maximum atomic E-state index is 11.5. The third-order valence-electron chi connectivity index (χ3n) is 4.00. The van der Waals surface area contributed by atoms with Gasteiger partial charge in [0.15, 0.2) is 6.61 Å². The molecule has 0 aliphatic heterocycles. The Balaban J connectivity index is 3.31. The highest BCUT2D eigenvalue weighted by Gasteiger charge is 2.06. The van der Waals surface area contributed by atoms with Gasteiger partial charge in [-0.05, 0) is 12.8 Å². The smallest absolute Gasteiger partial charge is 0.306 e. The van der Waals surface area contributed by atoms with Crippen molar-refractivity contribution in [2.24, 2.45) is 0 Å². The molecule has 0 bridgehead atoms. The Morgan fingerprint density at radius 1 is 0.667 bits per heavy atom. The van der Waals surface area contributed by atoms with Gasteiger partial charge in [-0.1, -0.05) is 78.1 Å². The minimum absolute atomic E-state index is 0.0525. The Labute approximate surface area is 148 Å². The molecule has 4 heteroatoms. The van der Waals surface area contributed by atoms with Crippen molar-refractivity contribution < 1.29 is 19.1 Å². The summed E-state index contributed by atoms with van der Waals surface area (Å²) in [5.41, 5.74) is 0. The number of esters is 2. The summed E-state index contributed by atoms with van der Waals surface area (Å²) in [5.74, 6) is -0.453. The fraction of sp³-hybridized carbons (Fsp3) is 0.850. The van der Waals surface area contributed by atoms with Crippen LogP contribution in [0.3, 0.4) is 0 Å². The van der Waals surface area contributed by atoms with Crippen LogP contribution >= 0.6 is 0 Å². The van der Waals surface area contributed by atoms with Crippen LogP contribution in [0.1, 0.15) is 104 Å². The zero-order valence-corrected chi connectivity index (χ0v) is 15.8.